The molecule has 1 N–H and O–H groups in total. The second-order valence-corrected chi connectivity index (χ2v) is 7.14. The van der Waals surface area contributed by atoms with Gasteiger partial charge in [-0.25, -0.2) is 0 Å². The van der Waals surface area contributed by atoms with Crippen LogP contribution in [-0.2, 0) is 6.54 Å². The summed E-state index contributed by atoms with van der Waals surface area (Å²) in [4.78, 5) is 0. The monoisotopic (exact) mass is 303 g/mol. The van der Waals surface area contributed by atoms with E-state index in [1.807, 2.05) is 0 Å². The molecule has 2 heterocycles. The average Bonchev–Trinajstić information content (AvgIpc) is 3.04. The highest BCUT2D eigenvalue weighted by atomic mass is 32.1. The molecule has 0 aliphatic rings. The summed E-state index contributed by atoms with van der Waals surface area (Å²) in [6.45, 7) is 6.22. The van der Waals surface area contributed by atoms with Gasteiger partial charge in [0.1, 0.15) is 10.0 Å². The number of nitrogens with zero attached hydrogens (tertiary/aromatic N) is 2. The highest BCUT2D eigenvalue weighted by Crippen LogP contribution is 2.35. The van der Waals surface area contributed by atoms with Gasteiger partial charge in [0, 0.05) is 27.6 Å². The maximum Gasteiger partial charge on any atom is 0.149 e. The summed E-state index contributed by atoms with van der Waals surface area (Å²) >= 11 is 3.44. The third-order valence-electron chi connectivity index (χ3n) is 3.01. The number of fused-ring (bicyclic) bond motifs is 1. The van der Waals surface area contributed by atoms with Gasteiger partial charge >= 0.3 is 0 Å². The molecule has 0 saturated heterocycles. The molecule has 0 spiro atoms. The first kappa shape index (κ1) is 13.7. The Labute approximate surface area is 126 Å². The van der Waals surface area contributed by atoms with Gasteiger partial charge in [-0.05, 0) is 18.5 Å². The molecule has 3 aromatic rings. The van der Waals surface area contributed by atoms with Crippen LogP contribution in [0, 0.1) is 5.92 Å². The Morgan fingerprint density at radius 3 is 2.90 bits per heavy atom. The Hall–Kier alpha value is -1.30. The van der Waals surface area contributed by atoms with Gasteiger partial charge in [-0.2, -0.15) is 0 Å². The standard InChI is InChI=1S/C15H17N3S2/c1-10(2)7-16-8-14-17-18-15(20-14)12-9-19-13-6-4-3-5-11(12)13/h3-6,9-10,16H,7-8H2,1-2H3. The Kier molecular flexibility index (Phi) is 4.10. The molecule has 0 aliphatic heterocycles. The summed E-state index contributed by atoms with van der Waals surface area (Å²) < 4.78 is 1.30. The molecule has 0 aliphatic carbocycles. The van der Waals surface area contributed by atoms with Crippen molar-refractivity contribution in [2.45, 2.75) is 20.4 Å². The van der Waals surface area contributed by atoms with Crippen molar-refractivity contribution in [3.63, 3.8) is 0 Å². The van der Waals surface area contributed by atoms with Crippen molar-refractivity contribution in [2.75, 3.05) is 6.54 Å². The molecule has 0 atom stereocenters. The maximum atomic E-state index is 4.34. The summed E-state index contributed by atoms with van der Waals surface area (Å²) in [6, 6.07) is 8.45. The lowest BCUT2D eigenvalue weighted by Gasteiger charge is -2.03. The van der Waals surface area contributed by atoms with Crippen LogP contribution >= 0.6 is 22.7 Å². The van der Waals surface area contributed by atoms with Crippen molar-refractivity contribution in [3.8, 4) is 10.6 Å². The highest BCUT2D eigenvalue weighted by molar-refractivity contribution is 7.19. The average molecular weight is 303 g/mol. The lowest BCUT2D eigenvalue weighted by molar-refractivity contribution is 0.550. The summed E-state index contributed by atoms with van der Waals surface area (Å²) in [7, 11) is 0. The lowest BCUT2D eigenvalue weighted by atomic mass is 10.2. The van der Waals surface area contributed by atoms with Crippen LogP contribution in [0.25, 0.3) is 20.7 Å². The van der Waals surface area contributed by atoms with Crippen LogP contribution in [0.3, 0.4) is 0 Å². The molecule has 0 bridgehead atoms. The number of hydrogen-bond donors (Lipinski definition) is 1. The molecule has 0 amide bonds. The fourth-order valence-electron chi connectivity index (χ4n) is 2.05. The van der Waals surface area contributed by atoms with Gasteiger partial charge in [-0.15, -0.1) is 21.5 Å². The van der Waals surface area contributed by atoms with Gasteiger partial charge in [0.15, 0.2) is 0 Å². The van der Waals surface area contributed by atoms with Crippen LogP contribution < -0.4 is 5.32 Å². The zero-order chi connectivity index (χ0) is 13.9. The lowest BCUT2D eigenvalue weighted by Crippen LogP contribution is -2.18. The second kappa shape index (κ2) is 5.99. The Morgan fingerprint density at radius 2 is 2.05 bits per heavy atom. The Morgan fingerprint density at radius 1 is 1.20 bits per heavy atom. The van der Waals surface area contributed by atoms with Crippen molar-refractivity contribution in [2.24, 2.45) is 5.92 Å². The van der Waals surface area contributed by atoms with Gasteiger partial charge in [-0.3, -0.25) is 0 Å². The van der Waals surface area contributed by atoms with E-state index in [1.54, 1.807) is 22.7 Å². The SMILES string of the molecule is CC(C)CNCc1nnc(-c2csc3ccccc23)s1. The number of aromatic nitrogens is 2. The molecular weight excluding hydrogens is 286 g/mol. The van der Waals surface area contributed by atoms with E-state index in [2.05, 4.69) is 59.0 Å². The fraction of sp³-hybridized carbons (Fsp3) is 0.333. The molecule has 0 radical (unpaired) electrons. The summed E-state index contributed by atoms with van der Waals surface area (Å²) in [5.74, 6) is 0.656. The van der Waals surface area contributed by atoms with Crippen LogP contribution in [0.5, 0.6) is 0 Å². The first-order valence-electron chi connectivity index (χ1n) is 6.73. The minimum atomic E-state index is 0.656. The summed E-state index contributed by atoms with van der Waals surface area (Å²) in [5.41, 5.74) is 1.21. The van der Waals surface area contributed by atoms with E-state index in [-0.39, 0.29) is 0 Å². The van der Waals surface area contributed by atoms with E-state index in [0.717, 1.165) is 23.1 Å². The van der Waals surface area contributed by atoms with Crippen molar-refractivity contribution < 1.29 is 0 Å². The van der Waals surface area contributed by atoms with Crippen LogP contribution in [0.4, 0.5) is 0 Å². The number of hydrogen-bond acceptors (Lipinski definition) is 5. The smallest absolute Gasteiger partial charge is 0.149 e. The van der Waals surface area contributed by atoms with Crippen molar-refractivity contribution in [3.05, 3.63) is 34.7 Å². The predicted molar refractivity (Wildman–Crippen MR) is 87.3 cm³/mol. The normalized spacial score (nSPS) is 11.6. The van der Waals surface area contributed by atoms with Crippen LogP contribution in [0.1, 0.15) is 18.9 Å². The van der Waals surface area contributed by atoms with E-state index in [9.17, 15) is 0 Å². The Bertz CT molecular complexity index is 700. The van der Waals surface area contributed by atoms with E-state index in [4.69, 9.17) is 0 Å². The minimum absolute atomic E-state index is 0.656. The molecule has 20 heavy (non-hydrogen) atoms. The number of rotatable bonds is 5. The van der Waals surface area contributed by atoms with Crippen LogP contribution in [-0.4, -0.2) is 16.7 Å². The zero-order valence-corrected chi connectivity index (χ0v) is 13.2. The van der Waals surface area contributed by atoms with Crippen molar-refractivity contribution in [1.82, 2.24) is 15.5 Å². The van der Waals surface area contributed by atoms with E-state index in [0.29, 0.717) is 5.92 Å². The topological polar surface area (TPSA) is 37.8 Å². The van der Waals surface area contributed by atoms with E-state index >= 15 is 0 Å². The molecule has 104 valence electrons. The summed E-state index contributed by atoms with van der Waals surface area (Å²) in [5, 5.41) is 17.6. The van der Waals surface area contributed by atoms with Gasteiger partial charge in [0.25, 0.3) is 0 Å². The second-order valence-electron chi connectivity index (χ2n) is 5.17. The molecule has 0 saturated carbocycles. The van der Waals surface area contributed by atoms with Gasteiger partial charge < -0.3 is 5.32 Å². The molecule has 2 aromatic heterocycles. The quantitative estimate of drug-likeness (QED) is 0.769. The van der Waals surface area contributed by atoms with Crippen molar-refractivity contribution in [1.29, 1.82) is 0 Å². The molecule has 5 heteroatoms. The number of benzene rings is 1. The maximum absolute atomic E-state index is 4.34. The molecular formula is C15H17N3S2. The molecule has 0 unspecified atom stereocenters. The third-order valence-corrected chi connectivity index (χ3v) is 4.93. The predicted octanol–water partition coefficient (Wildman–Crippen LogP) is 4.17. The van der Waals surface area contributed by atoms with E-state index in [1.165, 1.54) is 15.6 Å². The Balaban J connectivity index is 1.79. The van der Waals surface area contributed by atoms with Gasteiger partial charge in [0.05, 0.1) is 0 Å². The molecule has 0 fully saturated rings. The summed E-state index contributed by atoms with van der Waals surface area (Å²) in [6.07, 6.45) is 0. The zero-order valence-electron chi connectivity index (χ0n) is 11.6. The number of thiophene rings is 1. The van der Waals surface area contributed by atoms with E-state index < -0.39 is 0 Å². The van der Waals surface area contributed by atoms with Crippen molar-refractivity contribution >= 4 is 32.8 Å². The van der Waals surface area contributed by atoms with Crippen LogP contribution in [0.15, 0.2) is 29.6 Å². The number of nitrogens with one attached hydrogen (secondary N) is 1. The largest absolute Gasteiger partial charge is 0.310 e. The minimum Gasteiger partial charge on any atom is -0.310 e. The fourth-order valence-corrected chi connectivity index (χ4v) is 3.90. The van der Waals surface area contributed by atoms with Gasteiger partial charge in [-0.1, -0.05) is 43.4 Å². The molecule has 1 aromatic carbocycles. The molecule has 3 nitrogen and oxygen atoms in total. The van der Waals surface area contributed by atoms with Crippen LogP contribution in [0.2, 0.25) is 0 Å². The van der Waals surface area contributed by atoms with Gasteiger partial charge in [0.2, 0.25) is 0 Å². The molecule has 3 rings (SSSR count). The first-order valence-corrected chi connectivity index (χ1v) is 8.43. The highest BCUT2D eigenvalue weighted by Gasteiger charge is 2.11. The first-order chi connectivity index (χ1) is 9.74. The third kappa shape index (κ3) is 2.90.